The van der Waals surface area contributed by atoms with Crippen LogP contribution >= 0.6 is 0 Å². The standard InChI is InChI=1S/C29H42N6O3/c1-19(22-8-6-15-34(22)2)38-27-32-21(17-24(33-27)35-16-14-31-28(18-35)12-13-28)25(37)20-7-5-11-29(26(20)30)10-4-3-9-23(29)36/h17,19,22,30-31,37H,3-16,18H2,1-2H3/b25-20-,30-26?/t19-,22-,29+/m0/s1. The van der Waals surface area contributed by atoms with E-state index < -0.39 is 5.41 Å². The molecule has 3 heterocycles. The third kappa shape index (κ3) is 4.62. The Kier molecular flexibility index (Phi) is 6.71. The molecule has 6 rings (SSSR count). The largest absolute Gasteiger partial charge is 0.505 e. The van der Waals surface area contributed by atoms with Crippen LogP contribution in [0.15, 0.2) is 11.6 Å². The number of aromatic nitrogens is 2. The zero-order chi connectivity index (χ0) is 26.5. The number of ether oxygens (including phenoxy) is 1. The number of likely N-dealkylation sites (N-methyl/N-ethyl adjacent to an activating group) is 1. The van der Waals surface area contributed by atoms with Crippen molar-refractivity contribution in [2.45, 2.75) is 95.2 Å². The van der Waals surface area contributed by atoms with Gasteiger partial charge in [-0.25, -0.2) is 0 Å². The quantitative estimate of drug-likeness (QED) is 0.499. The van der Waals surface area contributed by atoms with Crippen molar-refractivity contribution < 1.29 is 14.6 Å². The molecule has 3 atom stereocenters. The number of ketones is 1. The molecule has 2 aliphatic heterocycles. The number of nitrogens with one attached hydrogen (secondary N) is 2. The van der Waals surface area contributed by atoms with Crippen molar-refractivity contribution in [1.29, 1.82) is 5.41 Å². The second-order valence-corrected chi connectivity index (χ2v) is 12.3. The van der Waals surface area contributed by atoms with E-state index >= 15 is 0 Å². The summed E-state index contributed by atoms with van der Waals surface area (Å²) in [6.07, 6.45) is 9.64. The number of allylic oxidation sites excluding steroid dienone is 1. The number of rotatable bonds is 5. The summed E-state index contributed by atoms with van der Waals surface area (Å²) < 4.78 is 6.35. The summed E-state index contributed by atoms with van der Waals surface area (Å²) in [5.41, 5.74) is 0.677. The number of hydrogen-bond donors (Lipinski definition) is 3. The van der Waals surface area contributed by atoms with Gasteiger partial charge in [0.1, 0.15) is 29.2 Å². The average molecular weight is 523 g/mol. The van der Waals surface area contributed by atoms with E-state index in [2.05, 4.69) is 29.1 Å². The van der Waals surface area contributed by atoms with Gasteiger partial charge in [-0.2, -0.15) is 9.97 Å². The van der Waals surface area contributed by atoms with Gasteiger partial charge in [0.25, 0.3) is 0 Å². The Labute approximate surface area is 225 Å². The molecule has 0 bridgehead atoms. The monoisotopic (exact) mass is 522 g/mol. The van der Waals surface area contributed by atoms with Gasteiger partial charge in [0.05, 0.1) is 11.1 Å². The van der Waals surface area contributed by atoms with Crippen molar-refractivity contribution in [3.63, 3.8) is 0 Å². The summed E-state index contributed by atoms with van der Waals surface area (Å²) in [5, 5.41) is 24.3. The lowest BCUT2D eigenvalue weighted by atomic mass is 9.62. The van der Waals surface area contributed by atoms with Gasteiger partial charge in [-0.15, -0.1) is 0 Å². The molecule has 2 spiro atoms. The minimum Gasteiger partial charge on any atom is -0.505 e. The summed E-state index contributed by atoms with van der Waals surface area (Å²) in [7, 11) is 2.13. The van der Waals surface area contributed by atoms with Crippen molar-refractivity contribution in [1.82, 2.24) is 20.2 Å². The van der Waals surface area contributed by atoms with Gasteiger partial charge in [0.2, 0.25) is 0 Å². The highest BCUT2D eigenvalue weighted by molar-refractivity contribution is 6.18. The predicted molar refractivity (Wildman–Crippen MR) is 147 cm³/mol. The lowest BCUT2D eigenvalue weighted by Crippen LogP contribution is -2.52. The first-order valence-electron chi connectivity index (χ1n) is 14.6. The van der Waals surface area contributed by atoms with E-state index in [9.17, 15) is 9.90 Å². The number of nitrogens with zero attached hydrogens (tertiary/aromatic N) is 4. The van der Waals surface area contributed by atoms with E-state index in [0.29, 0.717) is 48.7 Å². The summed E-state index contributed by atoms with van der Waals surface area (Å²) in [5.74, 6) is 0.918. The summed E-state index contributed by atoms with van der Waals surface area (Å²) in [4.78, 5) is 27.2. The van der Waals surface area contributed by atoms with Crippen LogP contribution in [-0.2, 0) is 4.79 Å². The normalized spacial score (nSPS) is 31.6. The number of anilines is 1. The Hall–Kier alpha value is -2.52. The van der Waals surface area contributed by atoms with Gasteiger partial charge in [0.15, 0.2) is 0 Å². The van der Waals surface area contributed by atoms with Crippen LogP contribution < -0.4 is 15.0 Å². The van der Waals surface area contributed by atoms with Gasteiger partial charge < -0.3 is 25.5 Å². The predicted octanol–water partition coefficient (Wildman–Crippen LogP) is 3.88. The fourth-order valence-electron chi connectivity index (χ4n) is 7.28. The van der Waals surface area contributed by atoms with Crippen LogP contribution in [0.4, 0.5) is 5.82 Å². The Morgan fingerprint density at radius 2 is 1.97 bits per heavy atom. The molecule has 0 aromatic carbocycles. The molecule has 1 aromatic rings. The van der Waals surface area contributed by atoms with Crippen LogP contribution in [0.2, 0.25) is 0 Å². The van der Waals surface area contributed by atoms with Crippen molar-refractivity contribution in [3.05, 3.63) is 17.3 Å². The minimum atomic E-state index is -0.743. The Morgan fingerprint density at radius 3 is 2.71 bits per heavy atom. The highest BCUT2D eigenvalue weighted by Gasteiger charge is 2.48. The average Bonchev–Trinajstić information content (AvgIpc) is 3.51. The van der Waals surface area contributed by atoms with Crippen LogP contribution in [-0.4, -0.2) is 82.4 Å². The molecule has 1 aromatic heterocycles. The first kappa shape index (κ1) is 25.7. The van der Waals surface area contributed by atoms with E-state index in [0.717, 1.165) is 64.1 Å². The van der Waals surface area contributed by atoms with Gasteiger partial charge in [-0.05, 0) is 78.3 Å². The second kappa shape index (κ2) is 9.90. The van der Waals surface area contributed by atoms with Crippen molar-refractivity contribution >= 4 is 23.1 Å². The molecule has 9 heteroatoms. The maximum Gasteiger partial charge on any atom is 0.319 e. The molecule has 38 heavy (non-hydrogen) atoms. The van der Waals surface area contributed by atoms with E-state index in [4.69, 9.17) is 20.1 Å². The number of likely N-dealkylation sites (tertiary alicyclic amines) is 1. The van der Waals surface area contributed by atoms with E-state index in [-0.39, 0.29) is 29.2 Å². The van der Waals surface area contributed by atoms with Crippen molar-refractivity contribution in [2.24, 2.45) is 5.41 Å². The van der Waals surface area contributed by atoms with Gasteiger partial charge in [-0.1, -0.05) is 6.42 Å². The van der Waals surface area contributed by atoms with Crippen molar-refractivity contribution in [2.75, 3.05) is 38.1 Å². The van der Waals surface area contributed by atoms with Crippen LogP contribution in [0.5, 0.6) is 6.01 Å². The summed E-state index contributed by atoms with van der Waals surface area (Å²) in [6.45, 7) is 5.71. The maximum atomic E-state index is 13.0. The molecule has 0 radical (unpaired) electrons. The molecule has 9 nitrogen and oxygen atoms in total. The molecule has 5 aliphatic rings. The molecule has 0 amide bonds. The number of hydrogen-bond acceptors (Lipinski definition) is 9. The zero-order valence-corrected chi connectivity index (χ0v) is 22.9. The topological polar surface area (TPSA) is 115 Å². The Morgan fingerprint density at radius 1 is 1.16 bits per heavy atom. The third-order valence-corrected chi connectivity index (χ3v) is 9.79. The smallest absolute Gasteiger partial charge is 0.319 e. The molecule has 2 saturated heterocycles. The van der Waals surface area contributed by atoms with Crippen LogP contribution in [0.3, 0.4) is 0 Å². The number of carbonyl (C=O) groups excluding carboxylic acids is 1. The highest BCUT2D eigenvalue weighted by Crippen LogP contribution is 2.46. The van der Waals surface area contributed by atoms with E-state index in [1.165, 1.54) is 12.8 Å². The fourth-order valence-corrected chi connectivity index (χ4v) is 7.28. The first-order valence-corrected chi connectivity index (χ1v) is 14.6. The van der Waals surface area contributed by atoms with E-state index in [1.807, 2.05) is 6.07 Å². The van der Waals surface area contributed by atoms with Crippen LogP contribution in [0, 0.1) is 10.8 Å². The molecule has 3 saturated carbocycles. The SMILES string of the molecule is C[C@H](Oc1nc(/C(O)=C2\CCC[C@@]3(CCCCC3=O)C2=N)cc(N2CCNC3(CC3)C2)n1)[C@@H]1CCCN1C. The number of carbonyl (C=O) groups is 1. The fraction of sp³-hybridized carbons (Fsp3) is 0.724. The number of Topliss-reactive ketones (excluding diaryl/α,β-unsaturated/α-hetero) is 1. The zero-order valence-electron chi connectivity index (χ0n) is 22.9. The van der Waals surface area contributed by atoms with Crippen molar-refractivity contribution in [3.8, 4) is 6.01 Å². The molecule has 3 N–H and O–H groups in total. The molecular formula is C29H42N6O3. The molecule has 5 fully saturated rings. The number of piperazine rings is 1. The van der Waals surface area contributed by atoms with E-state index in [1.54, 1.807) is 0 Å². The molecule has 3 aliphatic carbocycles. The van der Waals surface area contributed by atoms with Crippen LogP contribution in [0.1, 0.15) is 83.2 Å². The summed E-state index contributed by atoms with van der Waals surface area (Å²) in [6, 6.07) is 2.42. The Balaban J connectivity index is 1.35. The maximum absolute atomic E-state index is 13.0. The number of aliphatic hydroxyl groups is 1. The minimum absolute atomic E-state index is 0.00264. The first-order chi connectivity index (χ1) is 18.3. The number of aliphatic hydroxyl groups excluding tert-OH is 1. The van der Waals surface area contributed by atoms with Gasteiger partial charge in [-0.3, -0.25) is 9.69 Å². The van der Waals surface area contributed by atoms with Crippen LogP contribution in [0.25, 0.3) is 5.76 Å². The lowest BCUT2D eigenvalue weighted by Gasteiger charge is -2.40. The molecule has 0 unspecified atom stereocenters. The lowest BCUT2D eigenvalue weighted by molar-refractivity contribution is -0.128. The van der Waals surface area contributed by atoms with Gasteiger partial charge in [0, 0.05) is 49.3 Å². The second-order valence-electron chi connectivity index (χ2n) is 12.3. The van der Waals surface area contributed by atoms with Gasteiger partial charge >= 0.3 is 6.01 Å². The Bertz CT molecular complexity index is 1140. The third-order valence-electron chi connectivity index (χ3n) is 9.79. The summed E-state index contributed by atoms with van der Waals surface area (Å²) >= 11 is 0. The molecular weight excluding hydrogens is 480 g/mol. The molecule has 206 valence electrons. The highest BCUT2D eigenvalue weighted by atomic mass is 16.5.